The van der Waals surface area contributed by atoms with Gasteiger partial charge in [0, 0.05) is 31.6 Å². The molecule has 3 unspecified atom stereocenters. The molecule has 0 spiro atoms. The summed E-state index contributed by atoms with van der Waals surface area (Å²) < 4.78 is 0. The summed E-state index contributed by atoms with van der Waals surface area (Å²) >= 11 is 0. The highest BCUT2D eigenvalue weighted by Gasteiger charge is 2.55. The summed E-state index contributed by atoms with van der Waals surface area (Å²) in [5.41, 5.74) is 0.632. The summed E-state index contributed by atoms with van der Waals surface area (Å²) in [6.45, 7) is 3.66. The Morgan fingerprint density at radius 3 is 2.22 bits per heavy atom. The van der Waals surface area contributed by atoms with Gasteiger partial charge in [0.15, 0.2) is 5.60 Å². The molecule has 32 heavy (non-hydrogen) atoms. The van der Waals surface area contributed by atoms with Gasteiger partial charge in [-0.3, -0.25) is 15.0 Å². The first kappa shape index (κ1) is 21.6. The van der Waals surface area contributed by atoms with Crippen molar-refractivity contribution in [1.29, 1.82) is 0 Å². The van der Waals surface area contributed by atoms with Crippen LogP contribution < -0.4 is 10.6 Å². The van der Waals surface area contributed by atoms with Crippen LogP contribution >= 0.6 is 0 Å². The van der Waals surface area contributed by atoms with E-state index in [4.69, 9.17) is 0 Å². The summed E-state index contributed by atoms with van der Waals surface area (Å²) in [6.07, 6.45) is 5.15. The van der Waals surface area contributed by atoms with Crippen molar-refractivity contribution in [2.24, 2.45) is 17.8 Å². The lowest BCUT2D eigenvalue weighted by Gasteiger charge is -2.37. The van der Waals surface area contributed by atoms with Crippen LogP contribution in [0.2, 0.25) is 0 Å². The first-order chi connectivity index (χ1) is 15.7. The average molecular weight is 434 g/mol. The number of fused-ring (bicyclic) bond motifs is 1. The van der Waals surface area contributed by atoms with E-state index in [1.54, 1.807) is 0 Å². The van der Waals surface area contributed by atoms with Crippen molar-refractivity contribution in [3.8, 4) is 0 Å². The van der Waals surface area contributed by atoms with Crippen LogP contribution in [0.3, 0.4) is 0 Å². The molecule has 3 fully saturated rings. The number of rotatable bonds is 8. The highest BCUT2D eigenvalue weighted by Crippen LogP contribution is 2.45. The maximum atomic E-state index is 13.3. The minimum Gasteiger partial charge on any atom is -0.375 e. The lowest BCUT2D eigenvalue weighted by Crippen LogP contribution is -2.52. The van der Waals surface area contributed by atoms with E-state index in [0.717, 1.165) is 45.3 Å². The molecule has 5 rings (SSSR count). The van der Waals surface area contributed by atoms with Gasteiger partial charge in [-0.05, 0) is 35.8 Å². The molecule has 170 valence electrons. The molecule has 3 atom stereocenters. The molecule has 3 aliphatic rings. The summed E-state index contributed by atoms with van der Waals surface area (Å²) in [4.78, 5) is 15.8. The van der Waals surface area contributed by atoms with Gasteiger partial charge in [0.1, 0.15) is 0 Å². The zero-order chi connectivity index (χ0) is 22.0. The molecule has 5 nitrogen and oxygen atoms in total. The number of amides is 1. The average Bonchev–Trinajstić information content (AvgIpc) is 3.30. The molecule has 1 aliphatic heterocycles. The molecule has 2 aromatic rings. The third-order valence-corrected chi connectivity index (χ3v) is 7.86. The lowest BCUT2D eigenvalue weighted by molar-refractivity contribution is -0.149. The Balaban J connectivity index is 1.13. The summed E-state index contributed by atoms with van der Waals surface area (Å²) in [5.74, 6) is 1.05. The normalized spacial score (nSPS) is 27.5. The first-order valence-corrected chi connectivity index (χ1v) is 12.2. The van der Waals surface area contributed by atoms with E-state index < -0.39 is 5.60 Å². The third kappa shape index (κ3) is 4.34. The predicted octanol–water partition coefficient (Wildman–Crippen LogP) is 3.25. The van der Waals surface area contributed by atoms with Crippen molar-refractivity contribution < 1.29 is 9.90 Å². The minimum absolute atomic E-state index is 0.0227. The van der Waals surface area contributed by atoms with Gasteiger partial charge in [-0.25, -0.2) is 0 Å². The zero-order valence-corrected chi connectivity index (χ0v) is 18.7. The Morgan fingerprint density at radius 1 is 0.938 bits per heavy atom. The molecule has 0 bridgehead atoms. The largest absolute Gasteiger partial charge is 0.375 e. The number of aliphatic hydroxyl groups is 1. The molecule has 0 radical (unpaired) electrons. The molecule has 1 amide bonds. The van der Waals surface area contributed by atoms with Crippen molar-refractivity contribution in [1.82, 2.24) is 15.5 Å². The SMILES string of the molecule is O=C(NCNC1C2CN(Cc3ccccc3)CC21)C(O)(c1ccccc1)C1CCCCC1. The van der Waals surface area contributed by atoms with Gasteiger partial charge in [0.25, 0.3) is 5.91 Å². The molecule has 0 aromatic heterocycles. The Morgan fingerprint density at radius 2 is 1.56 bits per heavy atom. The fourth-order valence-corrected chi connectivity index (χ4v) is 6.04. The molecule has 2 saturated carbocycles. The number of nitrogens with zero attached hydrogens (tertiary/aromatic N) is 1. The summed E-state index contributed by atoms with van der Waals surface area (Å²) in [5, 5.41) is 18.2. The second-order valence-corrected chi connectivity index (χ2v) is 9.89. The number of carbonyl (C=O) groups is 1. The molecule has 3 N–H and O–H groups in total. The lowest BCUT2D eigenvalue weighted by atomic mass is 9.73. The highest BCUT2D eigenvalue weighted by molar-refractivity contribution is 5.86. The minimum atomic E-state index is -1.45. The van der Waals surface area contributed by atoms with Gasteiger partial charge in [-0.2, -0.15) is 0 Å². The Bertz CT molecular complexity index is 888. The number of likely N-dealkylation sites (tertiary alicyclic amines) is 1. The Kier molecular flexibility index (Phi) is 6.31. The van der Waals surface area contributed by atoms with Crippen LogP contribution in [0, 0.1) is 17.8 Å². The van der Waals surface area contributed by atoms with Crippen LogP contribution in [0.4, 0.5) is 0 Å². The molecule has 5 heteroatoms. The van der Waals surface area contributed by atoms with Crippen molar-refractivity contribution in [2.75, 3.05) is 19.8 Å². The third-order valence-electron chi connectivity index (χ3n) is 7.86. The van der Waals surface area contributed by atoms with Gasteiger partial charge in [0.2, 0.25) is 0 Å². The van der Waals surface area contributed by atoms with Crippen LogP contribution in [0.1, 0.15) is 43.2 Å². The smallest absolute Gasteiger partial charge is 0.257 e. The number of piperidine rings is 1. The van der Waals surface area contributed by atoms with Crippen LogP contribution in [-0.2, 0) is 16.9 Å². The van der Waals surface area contributed by atoms with Crippen LogP contribution in [0.15, 0.2) is 60.7 Å². The van der Waals surface area contributed by atoms with Crippen molar-refractivity contribution >= 4 is 5.91 Å². The molecular formula is C27H35N3O2. The number of hydrogen-bond donors (Lipinski definition) is 3. The molecular weight excluding hydrogens is 398 g/mol. The van der Waals surface area contributed by atoms with Gasteiger partial charge >= 0.3 is 0 Å². The Hall–Kier alpha value is -2.21. The van der Waals surface area contributed by atoms with E-state index in [2.05, 4.69) is 45.9 Å². The van der Waals surface area contributed by atoms with Crippen molar-refractivity contribution in [2.45, 2.75) is 50.3 Å². The maximum absolute atomic E-state index is 13.3. The summed E-state index contributed by atoms with van der Waals surface area (Å²) in [6, 6.07) is 20.6. The van der Waals surface area contributed by atoms with E-state index in [0.29, 0.717) is 30.1 Å². The second kappa shape index (κ2) is 9.34. The maximum Gasteiger partial charge on any atom is 0.257 e. The molecule has 2 aromatic carbocycles. The quantitative estimate of drug-likeness (QED) is 0.559. The zero-order valence-electron chi connectivity index (χ0n) is 18.7. The Labute approximate surface area is 191 Å². The van der Waals surface area contributed by atoms with Crippen molar-refractivity contribution in [3.63, 3.8) is 0 Å². The monoisotopic (exact) mass is 433 g/mol. The standard InChI is InChI=1S/C27H35N3O2/c31-26(27(32,21-12-6-2-7-13-21)22-14-8-3-9-15-22)29-19-28-25-23-17-30(18-24(23)25)16-20-10-4-1-5-11-20/h1-2,4-7,10-13,22-25,28,32H,3,8-9,14-19H2,(H,29,31). The van der Waals surface area contributed by atoms with Gasteiger partial charge in [0.05, 0.1) is 6.67 Å². The molecule has 1 heterocycles. The van der Waals surface area contributed by atoms with E-state index >= 15 is 0 Å². The fourth-order valence-electron chi connectivity index (χ4n) is 6.04. The van der Waals surface area contributed by atoms with E-state index in [1.807, 2.05) is 30.3 Å². The molecule has 1 saturated heterocycles. The van der Waals surface area contributed by atoms with Crippen molar-refractivity contribution in [3.05, 3.63) is 71.8 Å². The number of hydrogen-bond acceptors (Lipinski definition) is 4. The molecule has 2 aliphatic carbocycles. The topological polar surface area (TPSA) is 64.6 Å². The first-order valence-electron chi connectivity index (χ1n) is 12.2. The number of benzene rings is 2. The van der Waals surface area contributed by atoms with Crippen LogP contribution in [-0.4, -0.2) is 41.7 Å². The summed E-state index contributed by atoms with van der Waals surface area (Å²) in [7, 11) is 0. The van der Waals surface area contributed by atoms with Crippen LogP contribution in [0.5, 0.6) is 0 Å². The van der Waals surface area contributed by atoms with E-state index in [1.165, 1.54) is 12.0 Å². The van der Waals surface area contributed by atoms with E-state index in [9.17, 15) is 9.90 Å². The number of nitrogens with one attached hydrogen (secondary N) is 2. The number of carbonyl (C=O) groups excluding carboxylic acids is 1. The van der Waals surface area contributed by atoms with Crippen LogP contribution in [0.25, 0.3) is 0 Å². The van der Waals surface area contributed by atoms with Gasteiger partial charge in [-0.1, -0.05) is 79.9 Å². The van der Waals surface area contributed by atoms with Gasteiger partial charge < -0.3 is 10.4 Å². The predicted molar refractivity (Wildman–Crippen MR) is 126 cm³/mol. The van der Waals surface area contributed by atoms with E-state index in [-0.39, 0.29) is 11.8 Å². The van der Waals surface area contributed by atoms with Gasteiger partial charge in [-0.15, -0.1) is 0 Å². The highest BCUT2D eigenvalue weighted by atomic mass is 16.3. The second-order valence-electron chi connectivity index (χ2n) is 9.89. The fraction of sp³-hybridized carbons (Fsp3) is 0.519.